The number of hydrogen-bond acceptors (Lipinski definition) is 3. The van der Waals surface area contributed by atoms with Gasteiger partial charge < -0.3 is 10.6 Å². The summed E-state index contributed by atoms with van der Waals surface area (Å²) in [7, 11) is 0. The fourth-order valence-electron chi connectivity index (χ4n) is 1.71. The Morgan fingerprint density at radius 3 is 3.00 bits per heavy atom. The Labute approximate surface area is 97.2 Å². The monoisotopic (exact) mass is 222 g/mol. The summed E-state index contributed by atoms with van der Waals surface area (Å²) in [5.41, 5.74) is 2.33. The number of nitrogens with zero attached hydrogens (tertiary/aromatic N) is 1. The standard InChI is InChI=1S/C12H22N4/c1-2-10-8-12(16-15-10)9-13-6-3-7-14-11-4-5-11/h8,11,13-14H,2-7,9H2,1H3,(H,15,16). The molecular formula is C12H22N4. The molecule has 3 N–H and O–H groups in total. The number of aryl methyl sites for hydroxylation is 1. The van der Waals surface area contributed by atoms with Crippen molar-refractivity contribution in [3.63, 3.8) is 0 Å². The molecule has 1 aromatic rings. The predicted octanol–water partition coefficient (Wildman–Crippen LogP) is 1.20. The first-order valence-electron chi connectivity index (χ1n) is 6.35. The van der Waals surface area contributed by atoms with Crippen LogP contribution in [0.4, 0.5) is 0 Å². The molecule has 90 valence electrons. The van der Waals surface area contributed by atoms with Gasteiger partial charge in [0.15, 0.2) is 0 Å². The van der Waals surface area contributed by atoms with Crippen molar-refractivity contribution in [3.8, 4) is 0 Å². The Morgan fingerprint density at radius 1 is 1.44 bits per heavy atom. The zero-order valence-corrected chi connectivity index (χ0v) is 10.1. The second-order valence-corrected chi connectivity index (χ2v) is 4.50. The highest BCUT2D eigenvalue weighted by Gasteiger charge is 2.19. The highest BCUT2D eigenvalue weighted by molar-refractivity contribution is 5.07. The van der Waals surface area contributed by atoms with E-state index >= 15 is 0 Å². The van der Waals surface area contributed by atoms with Gasteiger partial charge in [-0.25, -0.2) is 0 Å². The van der Waals surface area contributed by atoms with Crippen molar-refractivity contribution >= 4 is 0 Å². The Morgan fingerprint density at radius 2 is 2.31 bits per heavy atom. The number of nitrogens with one attached hydrogen (secondary N) is 3. The van der Waals surface area contributed by atoms with E-state index in [9.17, 15) is 0 Å². The van der Waals surface area contributed by atoms with Gasteiger partial charge in [-0.1, -0.05) is 6.92 Å². The van der Waals surface area contributed by atoms with E-state index in [0.717, 1.165) is 37.8 Å². The van der Waals surface area contributed by atoms with E-state index in [0.29, 0.717) is 0 Å². The van der Waals surface area contributed by atoms with Gasteiger partial charge in [0.2, 0.25) is 0 Å². The van der Waals surface area contributed by atoms with Gasteiger partial charge in [-0.15, -0.1) is 0 Å². The van der Waals surface area contributed by atoms with Crippen LogP contribution in [-0.4, -0.2) is 29.3 Å². The molecule has 1 heterocycles. The van der Waals surface area contributed by atoms with Crippen molar-refractivity contribution in [2.75, 3.05) is 13.1 Å². The first-order valence-corrected chi connectivity index (χ1v) is 6.35. The lowest BCUT2D eigenvalue weighted by Crippen LogP contribution is -2.23. The zero-order chi connectivity index (χ0) is 11.2. The number of H-pyrrole nitrogens is 1. The third kappa shape index (κ3) is 3.94. The normalized spacial score (nSPS) is 15.6. The van der Waals surface area contributed by atoms with Crippen LogP contribution in [0.3, 0.4) is 0 Å². The summed E-state index contributed by atoms with van der Waals surface area (Å²) in [4.78, 5) is 0. The van der Waals surface area contributed by atoms with E-state index in [1.165, 1.54) is 25.0 Å². The number of rotatable bonds is 8. The van der Waals surface area contributed by atoms with Gasteiger partial charge in [0.1, 0.15) is 0 Å². The summed E-state index contributed by atoms with van der Waals surface area (Å²) in [5.74, 6) is 0. The molecule has 1 aliphatic rings. The first-order chi connectivity index (χ1) is 7.88. The molecule has 16 heavy (non-hydrogen) atoms. The third-order valence-electron chi connectivity index (χ3n) is 2.90. The summed E-state index contributed by atoms with van der Waals surface area (Å²) in [5, 5.41) is 14.2. The third-order valence-corrected chi connectivity index (χ3v) is 2.90. The molecule has 0 bridgehead atoms. The summed E-state index contributed by atoms with van der Waals surface area (Å²) in [6, 6.07) is 2.97. The Kier molecular flexibility index (Phi) is 4.36. The Bertz CT molecular complexity index is 304. The molecule has 4 heteroatoms. The second-order valence-electron chi connectivity index (χ2n) is 4.50. The molecule has 0 amide bonds. The van der Waals surface area contributed by atoms with Gasteiger partial charge >= 0.3 is 0 Å². The van der Waals surface area contributed by atoms with E-state index in [-0.39, 0.29) is 0 Å². The van der Waals surface area contributed by atoms with E-state index in [1.54, 1.807) is 0 Å². The Hall–Kier alpha value is -0.870. The molecule has 0 atom stereocenters. The van der Waals surface area contributed by atoms with Crippen molar-refractivity contribution in [2.45, 2.75) is 45.2 Å². The van der Waals surface area contributed by atoms with Gasteiger partial charge in [0.25, 0.3) is 0 Å². The van der Waals surface area contributed by atoms with Crippen LogP contribution in [0.5, 0.6) is 0 Å². The smallest absolute Gasteiger partial charge is 0.0622 e. The summed E-state index contributed by atoms with van der Waals surface area (Å²) >= 11 is 0. The van der Waals surface area contributed by atoms with E-state index in [1.807, 2.05) is 0 Å². The van der Waals surface area contributed by atoms with Crippen molar-refractivity contribution in [1.29, 1.82) is 0 Å². The minimum Gasteiger partial charge on any atom is -0.314 e. The molecule has 1 fully saturated rings. The van der Waals surface area contributed by atoms with Crippen LogP contribution in [0.1, 0.15) is 37.6 Å². The van der Waals surface area contributed by atoms with Crippen LogP contribution in [0.2, 0.25) is 0 Å². The number of aromatic nitrogens is 2. The average Bonchev–Trinajstić information content (AvgIpc) is 3.01. The number of aromatic amines is 1. The van der Waals surface area contributed by atoms with Crippen LogP contribution in [0.25, 0.3) is 0 Å². The lowest BCUT2D eigenvalue weighted by Gasteiger charge is -2.03. The van der Waals surface area contributed by atoms with Crippen molar-refractivity contribution in [3.05, 3.63) is 17.5 Å². The van der Waals surface area contributed by atoms with Crippen LogP contribution < -0.4 is 10.6 Å². The molecule has 0 unspecified atom stereocenters. The van der Waals surface area contributed by atoms with Gasteiger partial charge in [-0.2, -0.15) is 5.10 Å². The van der Waals surface area contributed by atoms with Crippen LogP contribution in [0.15, 0.2) is 6.07 Å². The lowest BCUT2D eigenvalue weighted by molar-refractivity contribution is 0.589. The van der Waals surface area contributed by atoms with Gasteiger partial charge in [-0.05, 0) is 44.8 Å². The summed E-state index contributed by atoms with van der Waals surface area (Å²) < 4.78 is 0. The molecule has 1 saturated carbocycles. The van der Waals surface area contributed by atoms with Crippen LogP contribution in [-0.2, 0) is 13.0 Å². The second kappa shape index (κ2) is 6.01. The number of hydrogen-bond donors (Lipinski definition) is 3. The van der Waals surface area contributed by atoms with Crippen molar-refractivity contribution < 1.29 is 0 Å². The van der Waals surface area contributed by atoms with Gasteiger partial charge in [0.05, 0.1) is 5.69 Å². The predicted molar refractivity (Wildman–Crippen MR) is 65.3 cm³/mol. The van der Waals surface area contributed by atoms with E-state index in [4.69, 9.17) is 0 Å². The molecule has 0 aromatic carbocycles. The highest BCUT2D eigenvalue weighted by Crippen LogP contribution is 2.18. The molecule has 1 aromatic heterocycles. The van der Waals surface area contributed by atoms with E-state index in [2.05, 4.69) is 33.8 Å². The minimum absolute atomic E-state index is 0.833. The summed E-state index contributed by atoms with van der Waals surface area (Å²) in [6.07, 6.45) is 4.95. The molecule has 0 spiro atoms. The maximum atomic E-state index is 4.20. The fourth-order valence-corrected chi connectivity index (χ4v) is 1.71. The molecule has 0 aliphatic heterocycles. The van der Waals surface area contributed by atoms with E-state index < -0.39 is 0 Å². The molecule has 4 nitrogen and oxygen atoms in total. The summed E-state index contributed by atoms with van der Waals surface area (Å²) in [6.45, 7) is 5.23. The maximum Gasteiger partial charge on any atom is 0.0622 e. The minimum atomic E-state index is 0.833. The van der Waals surface area contributed by atoms with Gasteiger partial charge in [-0.3, -0.25) is 5.10 Å². The van der Waals surface area contributed by atoms with Crippen LogP contribution in [0, 0.1) is 0 Å². The lowest BCUT2D eigenvalue weighted by atomic mass is 10.3. The highest BCUT2D eigenvalue weighted by atomic mass is 15.1. The largest absolute Gasteiger partial charge is 0.314 e. The quantitative estimate of drug-likeness (QED) is 0.579. The first kappa shape index (κ1) is 11.6. The Balaban J connectivity index is 1.49. The van der Waals surface area contributed by atoms with Gasteiger partial charge in [0, 0.05) is 18.3 Å². The zero-order valence-electron chi connectivity index (χ0n) is 10.1. The molecule has 0 radical (unpaired) electrons. The van der Waals surface area contributed by atoms with Crippen molar-refractivity contribution in [2.24, 2.45) is 0 Å². The molecule has 2 rings (SSSR count). The SMILES string of the molecule is CCc1cc(CNCCCNC2CC2)[nH]n1. The van der Waals surface area contributed by atoms with Crippen LogP contribution >= 0.6 is 0 Å². The molecule has 0 saturated heterocycles. The average molecular weight is 222 g/mol. The maximum absolute atomic E-state index is 4.20. The molecular weight excluding hydrogens is 200 g/mol. The topological polar surface area (TPSA) is 52.7 Å². The molecule has 1 aliphatic carbocycles. The van der Waals surface area contributed by atoms with Crippen molar-refractivity contribution in [1.82, 2.24) is 20.8 Å². The fraction of sp³-hybridized carbons (Fsp3) is 0.750.